The van der Waals surface area contributed by atoms with E-state index in [1.807, 2.05) is 0 Å². The normalized spacial score (nSPS) is 21.9. The average molecular weight is 212 g/mol. The number of hydrogen-bond donors (Lipinski definition) is 0. The van der Waals surface area contributed by atoms with Gasteiger partial charge in [0.25, 0.3) is 0 Å². The molecule has 16 heavy (non-hydrogen) atoms. The quantitative estimate of drug-likeness (QED) is 0.652. The zero-order chi connectivity index (χ0) is 11.3. The van der Waals surface area contributed by atoms with Gasteiger partial charge in [0.15, 0.2) is 0 Å². The minimum absolute atomic E-state index is 0.403. The van der Waals surface area contributed by atoms with E-state index in [-0.39, 0.29) is 0 Å². The van der Waals surface area contributed by atoms with Crippen LogP contribution in [0.4, 0.5) is 5.69 Å². The minimum atomic E-state index is 0.403. The summed E-state index contributed by atoms with van der Waals surface area (Å²) in [4.78, 5) is 4.66. The number of anilines is 1. The lowest BCUT2D eigenvalue weighted by molar-refractivity contribution is 0.382. The molecule has 0 bridgehead atoms. The van der Waals surface area contributed by atoms with Crippen molar-refractivity contribution in [3.63, 3.8) is 0 Å². The topological polar surface area (TPSA) is 6.48 Å². The monoisotopic (exact) mass is 212 g/mol. The summed E-state index contributed by atoms with van der Waals surface area (Å²) in [6.45, 7) is 4.42. The molecule has 0 aliphatic carbocycles. The molecule has 2 aliphatic heterocycles. The Bertz CT molecular complexity index is 499. The van der Waals surface area contributed by atoms with Crippen LogP contribution in [0, 0.1) is 6.92 Å². The largest absolute Gasteiger partial charge is 0.358 e. The van der Waals surface area contributed by atoms with Gasteiger partial charge in [0.2, 0.25) is 0 Å². The molecule has 0 amide bonds. The van der Waals surface area contributed by atoms with Gasteiger partial charge in [-0.15, -0.1) is 0 Å². The molecule has 2 nitrogen and oxygen atoms in total. The van der Waals surface area contributed by atoms with E-state index in [0.29, 0.717) is 6.17 Å². The molecule has 0 fully saturated rings. The first-order chi connectivity index (χ1) is 7.68. The van der Waals surface area contributed by atoms with Crippen molar-refractivity contribution in [1.82, 2.24) is 4.90 Å². The Morgan fingerprint density at radius 1 is 1.19 bits per heavy atom. The smallest absolute Gasteiger partial charge is 0.103 e. The first-order valence-electron chi connectivity index (χ1n) is 5.69. The third-order valence-corrected chi connectivity index (χ3v) is 3.52. The van der Waals surface area contributed by atoms with Crippen LogP contribution in [0.2, 0.25) is 0 Å². The van der Waals surface area contributed by atoms with E-state index in [1.165, 1.54) is 22.5 Å². The third-order valence-electron chi connectivity index (χ3n) is 3.52. The zero-order valence-corrected chi connectivity index (χ0v) is 9.94. The maximum absolute atomic E-state index is 2.41. The van der Waals surface area contributed by atoms with Crippen LogP contribution in [0.25, 0.3) is 6.08 Å². The summed E-state index contributed by atoms with van der Waals surface area (Å²) in [5.41, 5.74) is 5.30. The molecule has 2 heterocycles. The first-order valence-corrected chi connectivity index (χ1v) is 5.69. The fraction of sp³-hybridized carbons (Fsp3) is 0.286. The van der Waals surface area contributed by atoms with E-state index in [9.17, 15) is 0 Å². The Balaban J connectivity index is 2.21. The molecule has 0 saturated carbocycles. The molecule has 0 saturated heterocycles. The number of fused-ring (bicyclic) bond motifs is 3. The van der Waals surface area contributed by atoms with Crippen molar-refractivity contribution in [3.8, 4) is 0 Å². The van der Waals surface area contributed by atoms with Gasteiger partial charge in [-0.1, -0.05) is 24.3 Å². The fourth-order valence-electron chi connectivity index (χ4n) is 2.54. The number of rotatable bonds is 0. The molecule has 2 aliphatic rings. The van der Waals surface area contributed by atoms with Crippen LogP contribution in [0.5, 0.6) is 0 Å². The molecule has 0 N–H and O–H groups in total. The molecule has 0 spiro atoms. The summed E-state index contributed by atoms with van der Waals surface area (Å²) in [6, 6.07) is 6.49. The van der Waals surface area contributed by atoms with Crippen molar-refractivity contribution in [1.29, 1.82) is 0 Å². The average Bonchev–Trinajstić information content (AvgIpc) is 2.56. The molecular weight excluding hydrogens is 196 g/mol. The van der Waals surface area contributed by atoms with Crippen molar-refractivity contribution in [2.24, 2.45) is 0 Å². The van der Waals surface area contributed by atoms with Crippen LogP contribution in [0.15, 0.2) is 36.2 Å². The van der Waals surface area contributed by atoms with Gasteiger partial charge >= 0.3 is 0 Å². The molecule has 0 radical (unpaired) electrons. The number of nitrogens with zero attached hydrogens (tertiary/aromatic N) is 2. The Morgan fingerprint density at radius 3 is 2.81 bits per heavy atom. The molecule has 1 atom stereocenters. The molecule has 2 heteroatoms. The molecule has 1 aromatic carbocycles. The summed E-state index contributed by atoms with van der Waals surface area (Å²) in [5, 5.41) is 0. The number of allylic oxidation sites excluding steroid dienone is 1. The van der Waals surface area contributed by atoms with Crippen LogP contribution >= 0.6 is 0 Å². The van der Waals surface area contributed by atoms with E-state index in [4.69, 9.17) is 0 Å². The molecule has 3 rings (SSSR count). The standard InChI is InChI=1S/C14H16N2/c1-10-5-4-6-12-7-8-13-9-15(3)11(2)16(13)14(10)12/h4-9,11H,1-3H3. The Morgan fingerprint density at radius 2 is 2.00 bits per heavy atom. The van der Waals surface area contributed by atoms with E-state index in [1.54, 1.807) is 0 Å². The highest BCUT2D eigenvalue weighted by Gasteiger charge is 2.30. The molecule has 1 aromatic rings. The predicted molar refractivity (Wildman–Crippen MR) is 68.0 cm³/mol. The molecule has 82 valence electrons. The Hall–Kier alpha value is -1.70. The van der Waals surface area contributed by atoms with Crippen molar-refractivity contribution in [2.75, 3.05) is 11.9 Å². The van der Waals surface area contributed by atoms with Gasteiger partial charge in [0.05, 0.1) is 11.4 Å². The number of hydrogen-bond acceptors (Lipinski definition) is 2. The lowest BCUT2D eigenvalue weighted by Gasteiger charge is -2.33. The lowest BCUT2D eigenvalue weighted by Crippen LogP contribution is -2.36. The third kappa shape index (κ3) is 1.13. The molecular formula is C14H16N2. The van der Waals surface area contributed by atoms with Crippen LogP contribution in [0.1, 0.15) is 18.1 Å². The van der Waals surface area contributed by atoms with Gasteiger partial charge in [-0.3, -0.25) is 0 Å². The molecule has 0 aromatic heterocycles. The summed E-state index contributed by atoms with van der Waals surface area (Å²) in [7, 11) is 2.13. The van der Waals surface area contributed by atoms with Crippen molar-refractivity contribution in [2.45, 2.75) is 20.0 Å². The zero-order valence-electron chi connectivity index (χ0n) is 9.94. The van der Waals surface area contributed by atoms with Gasteiger partial charge in [0, 0.05) is 13.2 Å². The number of benzene rings is 1. The lowest BCUT2D eigenvalue weighted by atomic mass is 10.0. The SMILES string of the molecule is Cc1cccc2c1N1C(=CN(C)C1C)C=C2. The molecule has 1 unspecified atom stereocenters. The Labute approximate surface area is 96.5 Å². The van der Waals surface area contributed by atoms with Gasteiger partial charge in [0.1, 0.15) is 6.17 Å². The van der Waals surface area contributed by atoms with Crippen LogP contribution < -0.4 is 4.90 Å². The van der Waals surface area contributed by atoms with Crippen LogP contribution in [-0.2, 0) is 0 Å². The highest BCUT2D eigenvalue weighted by atomic mass is 15.4. The summed E-state index contributed by atoms with van der Waals surface area (Å²) in [6.07, 6.45) is 7.01. The first kappa shape index (κ1) is 9.52. The van der Waals surface area contributed by atoms with Gasteiger partial charge in [-0.2, -0.15) is 0 Å². The van der Waals surface area contributed by atoms with Gasteiger partial charge < -0.3 is 9.80 Å². The fourth-order valence-corrected chi connectivity index (χ4v) is 2.54. The van der Waals surface area contributed by atoms with Crippen molar-refractivity contribution < 1.29 is 0 Å². The maximum Gasteiger partial charge on any atom is 0.103 e. The second-order valence-corrected chi connectivity index (χ2v) is 4.57. The minimum Gasteiger partial charge on any atom is -0.358 e. The highest BCUT2D eigenvalue weighted by molar-refractivity contribution is 5.79. The van der Waals surface area contributed by atoms with Crippen molar-refractivity contribution in [3.05, 3.63) is 47.3 Å². The van der Waals surface area contributed by atoms with E-state index < -0.39 is 0 Å². The van der Waals surface area contributed by atoms with Crippen LogP contribution in [0.3, 0.4) is 0 Å². The maximum atomic E-state index is 2.41. The number of aryl methyl sites for hydroxylation is 1. The summed E-state index contributed by atoms with van der Waals surface area (Å²) >= 11 is 0. The Kier molecular flexibility index (Phi) is 1.87. The summed E-state index contributed by atoms with van der Waals surface area (Å²) < 4.78 is 0. The van der Waals surface area contributed by atoms with Crippen molar-refractivity contribution >= 4 is 11.8 Å². The van der Waals surface area contributed by atoms with Gasteiger partial charge in [-0.05, 0) is 31.1 Å². The van der Waals surface area contributed by atoms with E-state index >= 15 is 0 Å². The predicted octanol–water partition coefficient (Wildman–Crippen LogP) is 2.96. The number of para-hydroxylation sites is 1. The summed E-state index contributed by atoms with van der Waals surface area (Å²) in [5.74, 6) is 0. The second-order valence-electron chi connectivity index (χ2n) is 4.57. The second kappa shape index (κ2) is 3.14. The van der Waals surface area contributed by atoms with E-state index in [0.717, 1.165) is 0 Å². The van der Waals surface area contributed by atoms with E-state index in [2.05, 4.69) is 67.2 Å². The highest BCUT2D eigenvalue weighted by Crippen LogP contribution is 2.38. The van der Waals surface area contributed by atoms with Crippen LogP contribution in [-0.4, -0.2) is 18.1 Å². The van der Waals surface area contributed by atoms with Gasteiger partial charge in [-0.25, -0.2) is 0 Å².